The van der Waals surface area contributed by atoms with Gasteiger partial charge in [-0.3, -0.25) is 0 Å². The molecule has 6 aromatic rings. The molecule has 0 radical (unpaired) electrons. The Balaban J connectivity index is 1.90. The van der Waals surface area contributed by atoms with Crippen LogP contribution in [0.2, 0.25) is 0 Å². The smallest absolute Gasteiger partial charge is 0.118 e. The van der Waals surface area contributed by atoms with Gasteiger partial charge in [0.15, 0.2) is 0 Å². The SMILES string of the molecule is COc1ccc(C(c2ccccc2)(c2ccc(OC)cc2)C(S)(CCO)C(c2ccccc2)(c2ccc(OC)cc2)c2ccc(OC)cc2)cc1. The van der Waals surface area contributed by atoms with Gasteiger partial charge >= 0.3 is 0 Å². The highest BCUT2D eigenvalue weighted by Crippen LogP contribution is 2.64. The first-order valence-corrected chi connectivity index (χ1v) is 17.4. The van der Waals surface area contributed by atoms with E-state index in [-0.39, 0.29) is 13.0 Å². The molecule has 6 aromatic carbocycles. The van der Waals surface area contributed by atoms with Crippen molar-refractivity contribution in [2.75, 3.05) is 35.0 Å². The van der Waals surface area contributed by atoms with Gasteiger partial charge in [0, 0.05) is 6.61 Å². The van der Waals surface area contributed by atoms with Gasteiger partial charge in [-0.2, -0.15) is 12.6 Å². The molecule has 0 aliphatic heterocycles. The summed E-state index contributed by atoms with van der Waals surface area (Å²) >= 11 is 6.14. The van der Waals surface area contributed by atoms with Crippen molar-refractivity contribution in [3.63, 3.8) is 0 Å². The highest BCUT2D eigenvalue weighted by molar-refractivity contribution is 7.82. The summed E-state index contributed by atoms with van der Waals surface area (Å²) < 4.78 is 21.6. The number of aliphatic hydroxyl groups excluding tert-OH is 1. The lowest BCUT2D eigenvalue weighted by Gasteiger charge is -2.60. The normalized spacial score (nSPS) is 11.9. The first-order chi connectivity index (χ1) is 24.9. The first-order valence-electron chi connectivity index (χ1n) is 16.9. The summed E-state index contributed by atoms with van der Waals surface area (Å²) in [5, 5.41) is 11.4. The molecule has 260 valence electrons. The second kappa shape index (κ2) is 15.4. The number of rotatable bonds is 14. The maximum Gasteiger partial charge on any atom is 0.118 e. The number of ether oxygens (including phenoxy) is 4. The third-order valence-corrected chi connectivity index (χ3v) is 11.1. The van der Waals surface area contributed by atoms with Crippen molar-refractivity contribution in [1.82, 2.24) is 0 Å². The molecular formula is C45H44O5S. The van der Waals surface area contributed by atoms with Crippen molar-refractivity contribution in [2.24, 2.45) is 0 Å². The molecule has 51 heavy (non-hydrogen) atoms. The highest BCUT2D eigenvalue weighted by atomic mass is 32.1. The van der Waals surface area contributed by atoms with Gasteiger partial charge in [0.1, 0.15) is 23.0 Å². The van der Waals surface area contributed by atoms with E-state index in [0.717, 1.165) is 56.4 Å². The van der Waals surface area contributed by atoms with E-state index in [1.165, 1.54) is 0 Å². The van der Waals surface area contributed by atoms with E-state index < -0.39 is 15.6 Å². The maximum atomic E-state index is 11.4. The summed E-state index contributed by atoms with van der Waals surface area (Å²) in [7, 11) is 6.69. The van der Waals surface area contributed by atoms with E-state index in [9.17, 15) is 5.11 Å². The van der Waals surface area contributed by atoms with E-state index >= 15 is 0 Å². The highest BCUT2D eigenvalue weighted by Gasteiger charge is 2.64. The van der Waals surface area contributed by atoms with Crippen molar-refractivity contribution in [3.8, 4) is 23.0 Å². The van der Waals surface area contributed by atoms with Gasteiger partial charge in [-0.05, 0) is 88.3 Å². The second-order valence-electron chi connectivity index (χ2n) is 12.5. The van der Waals surface area contributed by atoms with E-state index in [0.29, 0.717) is 0 Å². The molecule has 0 bridgehead atoms. The fourth-order valence-corrected chi connectivity index (χ4v) is 8.87. The van der Waals surface area contributed by atoms with Gasteiger partial charge in [0.2, 0.25) is 0 Å². The Morgan fingerprint density at radius 1 is 0.392 bits per heavy atom. The largest absolute Gasteiger partial charge is 0.497 e. The zero-order valence-electron chi connectivity index (χ0n) is 29.5. The number of thiol groups is 1. The molecule has 0 fully saturated rings. The van der Waals surface area contributed by atoms with Crippen LogP contribution in [0.25, 0.3) is 0 Å². The van der Waals surface area contributed by atoms with Crippen LogP contribution < -0.4 is 18.9 Å². The number of hydrogen-bond acceptors (Lipinski definition) is 6. The Morgan fingerprint density at radius 3 is 0.843 bits per heavy atom. The van der Waals surface area contributed by atoms with Crippen LogP contribution in [-0.4, -0.2) is 44.9 Å². The molecule has 6 rings (SSSR count). The van der Waals surface area contributed by atoms with Crippen LogP contribution in [-0.2, 0) is 10.8 Å². The van der Waals surface area contributed by atoms with Crippen LogP contribution in [0.5, 0.6) is 23.0 Å². The number of hydrogen-bond donors (Lipinski definition) is 2. The average molecular weight is 697 g/mol. The number of methoxy groups -OCH3 is 4. The number of aliphatic hydroxyl groups is 1. The molecule has 0 amide bonds. The zero-order chi connectivity index (χ0) is 35.9. The molecule has 0 aliphatic carbocycles. The maximum absolute atomic E-state index is 11.4. The van der Waals surface area contributed by atoms with Crippen LogP contribution in [0.4, 0.5) is 0 Å². The van der Waals surface area contributed by atoms with E-state index in [2.05, 4.69) is 97.1 Å². The molecule has 0 aliphatic rings. The monoisotopic (exact) mass is 696 g/mol. The minimum absolute atomic E-state index is 0.148. The molecule has 6 heteroatoms. The van der Waals surface area contributed by atoms with Gasteiger partial charge in [0.05, 0.1) is 44.0 Å². The molecule has 1 N–H and O–H groups in total. The van der Waals surface area contributed by atoms with Crippen LogP contribution in [0.3, 0.4) is 0 Å². The van der Waals surface area contributed by atoms with Crippen molar-refractivity contribution in [3.05, 3.63) is 191 Å². The Labute approximate surface area is 306 Å². The predicted octanol–water partition coefficient (Wildman–Crippen LogP) is 9.14. The summed E-state index contributed by atoms with van der Waals surface area (Å²) in [4.78, 5) is 0. The Morgan fingerprint density at radius 2 is 0.627 bits per heavy atom. The third kappa shape index (κ3) is 6.02. The van der Waals surface area contributed by atoms with Gasteiger partial charge < -0.3 is 24.1 Å². The molecule has 0 spiro atoms. The Kier molecular flexibility index (Phi) is 10.8. The van der Waals surface area contributed by atoms with Gasteiger partial charge in [-0.25, -0.2) is 0 Å². The molecule has 0 unspecified atom stereocenters. The number of benzene rings is 6. The summed E-state index contributed by atoms with van der Waals surface area (Å²) in [5.74, 6) is 2.95. The minimum Gasteiger partial charge on any atom is -0.497 e. The fourth-order valence-electron chi connectivity index (χ4n) is 7.99. The molecule has 0 atom stereocenters. The second-order valence-corrected chi connectivity index (χ2v) is 13.2. The third-order valence-electron chi connectivity index (χ3n) is 10.2. The summed E-state index contributed by atoms with van der Waals surface area (Å²) in [6, 6.07) is 53.9. The lowest BCUT2D eigenvalue weighted by atomic mass is 9.47. The molecule has 0 saturated heterocycles. The average Bonchev–Trinajstić information content (AvgIpc) is 3.20. The molecule has 0 aromatic heterocycles. The quantitative estimate of drug-likeness (QED) is 0.0879. The molecule has 0 heterocycles. The summed E-state index contributed by atoms with van der Waals surface area (Å²) in [6.07, 6.45) is 0.274. The van der Waals surface area contributed by atoms with Crippen molar-refractivity contribution >= 4 is 12.6 Å². The van der Waals surface area contributed by atoms with E-state index in [4.69, 9.17) is 31.6 Å². The van der Waals surface area contributed by atoms with Crippen LogP contribution in [0, 0.1) is 0 Å². The van der Waals surface area contributed by atoms with Crippen molar-refractivity contribution < 1.29 is 24.1 Å². The Hall–Kier alpha value is -5.17. The fraction of sp³-hybridized carbons (Fsp3) is 0.200. The minimum atomic E-state index is -1.15. The summed E-state index contributed by atoms with van der Waals surface area (Å²) in [5.41, 5.74) is 3.88. The topological polar surface area (TPSA) is 57.2 Å². The van der Waals surface area contributed by atoms with Crippen LogP contribution >= 0.6 is 12.6 Å². The van der Waals surface area contributed by atoms with E-state index in [1.54, 1.807) is 28.4 Å². The first kappa shape index (κ1) is 35.6. The van der Waals surface area contributed by atoms with Gasteiger partial charge in [0.25, 0.3) is 0 Å². The predicted molar refractivity (Wildman–Crippen MR) is 208 cm³/mol. The van der Waals surface area contributed by atoms with Crippen LogP contribution in [0.1, 0.15) is 39.8 Å². The van der Waals surface area contributed by atoms with Gasteiger partial charge in [-0.1, -0.05) is 109 Å². The lowest BCUT2D eigenvalue weighted by Crippen LogP contribution is -2.63. The molecule has 5 nitrogen and oxygen atoms in total. The zero-order valence-corrected chi connectivity index (χ0v) is 30.3. The van der Waals surface area contributed by atoms with Crippen molar-refractivity contribution in [2.45, 2.75) is 22.0 Å². The molecule has 0 saturated carbocycles. The molecular weight excluding hydrogens is 653 g/mol. The van der Waals surface area contributed by atoms with E-state index in [1.807, 2.05) is 60.7 Å². The lowest BCUT2D eigenvalue weighted by molar-refractivity contribution is 0.214. The standard InChI is InChI=1S/C45H44O5S/c1-47-39-23-15-35(16-24-39)44(33-11-7-5-8-12-33,36-17-25-40(48-2)26-18-36)43(51,31-32-46)45(34-13-9-6-10-14-34,37-19-27-41(49-3)28-20-37)38-21-29-42(50-4)30-22-38/h5-30,46,51H,31-32H2,1-4H3. The van der Waals surface area contributed by atoms with Crippen molar-refractivity contribution in [1.29, 1.82) is 0 Å². The van der Waals surface area contributed by atoms with Gasteiger partial charge in [-0.15, -0.1) is 0 Å². The summed E-state index contributed by atoms with van der Waals surface area (Å²) in [6.45, 7) is -0.148. The Bertz CT molecular complexity index is 1740. The van der Waals surface area contributed by atoms with Crippen LogP contribution in [0.15, 0.2) is 158 Å².